The number of nitrogens with zero attached hydrogens (tertiary/aromatic N) is 1. The van der Waals surface area contributed by atoms with Crippen molar-refractivity contribution in [2.75, 3.05) is 55.5 Å². The van der Waals surface area contributed by atoms with Crippen molar-refractivity contribution in [2.45, 2.75) is 0 Å². The highest BCUT2D eigenvalue weighted by molar-refractivity contribution is 6.31. The van der Waals surface area contributed by atoms with Crippen LogP contribution in [0.5, 0.6) is 5.75 Å². The minimum absolute atomic E-state index is 0.121. The number of nitrogens with one attached hydrogen (secondary N) is 2. The third-order valence-corrected chi connectivity index (χ3v) is 4.37. The Labute approximate surface area is 158 Å². The average Bonchev–Trinajstić information content (AvgIpc) is 2.67. The van der Waals surface area contributed by atoms with Gasteiger partial charge >= 0.3 is 0 Å². The molecule has 0 saturated carbocycles. The molecule has 2 aromatic rings. The van der Waals surface area contributed by atoms with Crippen LogP contribution in [0.3, 0.4) is 0 Å². The number of para-hydroxylation sites is 2. The normalized spacial score (nSPS) is 14.0. The molecule has 1 aliphatic heterocycles. The third-order valence-electron chi connectivity index (χ3n) is 4.13. The number of anilines is 3. The molecule has 1 amide bonds. The number of rotatable bonds is 6. The van der Waals surface area contributed by atoms with Crippen molar-refractivity contribution >= 4 is 34.6 Å². The van der Waals surface area contributed by atoms with E-state index in [0.29, 0.717) is 29.7 Å². The van der Waals surface area contributed by atoms with Crippen LogP contribution in [0.25, 0.3) is 0 Å². The number of carbonyl (C=O) groups excluding carboxylic acids is 1. The summed E-state index contributed by atoms with van der Waals surface area (Å²) >= 11 is 6.14. The molecule has 0 aliphatic carbocycles. The number of benzene rings is 2. The van der Waals surface area contributed by atoms with Gasteiger partial charge in [-0.15, -0.1) is 0 Å². The van der Waals surface area contributed by atoms with E-state index in [9.17, 15) is 4.79 Å². The molecule has 0 aromatic heterocycles. The van der Waals surface area contributed by atoms with Gasteiger partial charge in [0.1, 0.15) is 5.75 Å². The second-order valence-corrected chi connectivity index (χ2v) is 6.30. The lowest BCUT2D eigenvalue weighted by molar-refractivity contribution is -0.114. The number of halogens is 1. The first-order valence-corrected chi connectivity index (χ1v) is 8.84. The molecule has 1 heterocycles. The largest absolute Gasteiger partial charge is 0.495 e. The van der Waals surface area contributed by atoms with Crippen LogP contribution >= 0.6 is 11.6 Å². The predicted octanol–water partition coefficient (Wildman–Crippen LogP) is 3.24. The van der Waals surface area contributed by atoms with Gasteiger partial charge in [-0.1, -0.05) is 23.7 Å². The molecule has 1 fully saturated rings. The highest BCUT2D eigenvalue weighted by Crippen LogP contribution is 2.30. The first-order valence-electron chi connectivity index (χ1n) is 8.46. The molecule has 3 rings (SSSR count). The molecule has 0 radical (unpaired) electrons. The van der Waals surface area contributed by atoms with Gasteiger partial charge in [0.25, 0.3) is 0 Å². The fourth-order valence-corrected chi connectivity index (χ4v) is 3.02. The van der Waals surface area contributed by atoms with Gasteiger partial charge in [0.05, 0.1) is 43.9 Å². The quantitative estimate of drug-likeness (QED) is 0.811. The van der Waals surface area contributed by atoms with Gasteiger partial charge in [-0.3, -0.25) is 4.79 Å². The third kappa shape index (κ3) is 4.59. The molecule has 138 valence electrons. The maximum atomic E-state index is 12.3. The predicted molar refractivity (Wildman–Crippen MR) is 105 cm³/mol. The summed E-state index contributed by atoms with van der Waals surface area (Å²) in [5, 5.41) is 6.66. The number of methoxy groups -OCH3 is 1. The van der Waals surface area contributed by atoms with Crippen LogP contribution in [0, 0.1) is 0 Å². The Morgan fingerprint density at radius 2 is 1.96 bits per heavy atom. The lowest BCUT2D eigenvalue weighted by Crippen LogP contribution is -2.36. The van der Waals surface area contributed by atoms with Gasteiger partial charge in [-0.05, 0) is 30.3 Å². The Bertz CT molecular complexity index is 763. The van der Waals surface area contributed by atoms with Crippen LogP contribution in [-0.2, 0) is 9.53 Å². The Morgan fingerprint density at radius 1 is 1.19 bits per heavy atom. The molecule has 2 N–H and O–H groups in total. The first-order chi connectivity index (χ1) is 12.7. The van der Waals surface area contributed by atoms with Crippen molar-refractivity contribution in [2.24, 2.45) is 0 Å². The van der Waals surface area contributed by atoms with Gasteiger partial charge in [-0.2, -0.15) is 0 Å². The zero-order valence-electron chi connectivity index (χ0n) is 14.6. The van der Waals surface area contributed by atoms with E-state index in [0.717, 1.165) is 24.5 Å². The standard InChI is InChI=1S/C19H22ClN3O3/c1-25-18-5-3-2-4-15(18)22-19(24)13-21-16-12-14(20)6-7-17(16)23-8-10-26-11-9-23/h2-7,12,21H,8-11,13H2,1H3,(H,22,24). The van der Waals surface area contributed by atoms with E-state index in [-0.39, 0.29) is 12.5 Å². The SMILES string of the molecule is COc1ccccc1NC(=O)CNc1cc(Cl)ccc1N1CCOCC1. The summed E-state index contributed by atoms with van der Waals surface area (Å²) in [6.07, 6.45) is 0. The van der Waals surface area contributed by atoms with Gasteiger partial charge in [0, 0.05) is 18.1 Å². The van der Waals surface area contributed by atoms with E-state index in [2.05, 4.69) is 15.5 Å². The van der Waals surface area contributed by atoms with Crippen molar-refractivity contribution in [3.8, 4) is 5.75 Å². The molecule has 7 heteroatoms. The second-order valence-electron chi connectivity index (χ2n) is 5.86. The van der Waals surface area contributed by atoms with Crippen LogP contribution in [0.1, 0.15) is 0 Å². The molecule has 6 nitrogen and oxygen atoms in total. The molecule has 0 atom stereocenters. The minimum Gasteiger partial charge on any atom is -0.495 e. The van der Waals surface area contributed by atoms with Crippen LogP contribution in [0.15, 0.2) is 42.5 Å². The average molecular weight is 376 g/mol. The fourth-order valence-electron chi connectivity index (χ4n) is 2.85. The van der Waals surface area contributed by atoms with Crippen molar-refractivity contribution in [1.82, 2.24) is 0 Å². The van der Waals surface area contributed by atoms with Gasteiger partial charge < -0.3 is 25.0 Å². The number of carbonyl (C=O) groups is 1. The van der Waals surface area contributed by atoms with E-state index in [4.69, 9.17) is 21.1 Å². The number of morpholine rings is 1. The lowest BCUT2D eigenvalue weighted by Gasteiger charge is -2.30. The lowest BCUT2D eigenvalue weighted by atomic mass is 10.2. The van der Waals surface area contributed by atoms with Crippen molar-refractivity contribution in [3.63, 3.8) is 0 Å². The molecule has 0 unspecified atom stereocenters. The molecule has 2 aromatic carbocycles. The summed E-state index contributed by atoms with van der Waals surface area (Å²) in [5.41, 5.74) is 2.48. The fraction of sp³-hybridized carbons (Fsp3) is 0.316. The zero-order chi connectivity index (χ0) is 18.4. The van der Waals surface area contributed by atoms with Crippen LogP contribution < -0.4 is 20.3 Å². The summed E-state index contributed by atoms with van der Waals surface area (Å²) in [6.45, 7) is 3.12. The number of amides is 1. The van der Waals surface area contributed by atoms with Crippen LogP contribution in [0.2, 0.25) is 5.02 Å². The molecule has 1 saturated heterocycles. The number of hydrogen-bond donors (Lipinski definition) is 2. The van der Waals surface area contributed by atoms with Crippen molar-refractivity contribution in [1.29, 1.82) is 0 Å². The summed E-state index contributed by atoms with van der Waals surface area (Å²) in [4.78, 5) is 14.6. The van der Waals surface area contributed by atoms with E-state index in [1.807, 2.05) is 30.3 Å². The Hall–Kier alpha value is -2.44. The smallest absolute Gasteiger partial charge is 0.243 e. The highest BCUT2D eigenvalue weighted by Gasteiger charge is 2.16. The molecular weight excluding hydrogens is 354 g/mol. The van der Waals surface area contributed by atoms with Gasteiger partial charge in [0.2, 0.25) is 5.91 Å². The minimum atomic E-state index is -0.164. The topological polar surface area (TPSA) is 62.8 Å². The molecular formula is C19H22ClN3O3. The molecule has 1 aliphatic rings. The van der Waals surface area contributed by atoms with E-state index in [1.54, 1.807) is 19.2 Å². The van der Waals surface area contributed by atoms with E-state index < -0.39 is 0 Å². The van der Waals surface area contributed by atoms with Crippen LogP contribution in [-0.4, -0.2) is 45.9 Å². The number of hydrogen-bond acceptors (Lipinski definition) is 5. The summed E-state index contributed by atoms with van der Waals surface area (Å²) in [5.74, 6) is 0.458. The van der Waals surface area contributed by atoms with Crippen molar-refractivity contribution < 1.29 is 14.3 Å². The second kappa shape index (κ2) is 8.78. The Kier molecular flexibility index (Phi) is 6.20. The molecule has 26 heavy (non-hydrogen) atoms. The van der Waals surface area contributed by atoms with Crippen molar-refractivity contribution in [3.05, 3.63) is 47.5 Å². The Morgan fingerprint density at radius 3 is 2.73 bits per heavy atom. The van der Waals surface area contributed by atoms with Crippen LogP contribution in [0.4, 0.5) is 17.1 Å². The summed E-state index contributed by atoms with van der Waals surface area (Å²) in [7, 11) is 1.57. The van der Waals surface area contributed by atoms with Gasteiger partial charge in [-0.25, -0.2) is 0 Å². The summed E-state index contributed by atoms with van der Waals surface area (Å²) < 4.78 is 10.7. The molecule has 0 spiro atoms. The Balaban J connectivity index is 1.67. The van der Waals surface area contributed by atoms with Gasteiger partial charge in [0.15, 0.2) is 0 Å². The summed E-state index contributed by atoms with van der Waals surface area (Å²) in [6, 6.07) is 13.0. The monoisotopic (exact) mass is 375 g/mol. The number of ether oxygens (including phenoxy) is 2. The maximum Gasteiger partial charge on any atom is 0.243 e. The first kappa shape index (κ1) is 18.4. The highest BCUT2D eigenvalue weighted by atomic mass is 35.5. The maximum absolute atomic E-state index is 12.3. The van der Waals surface area contributed by atoms with E-state index in [1.165, 1.54) is 0 Å². The zero-order valence-corrected chi connectivity index (χ0v) is 15.4. The van der Waals surface area contributed by atoms with E-state index >= 15 is 0 Å². The molecule has 0 bridgehead atoms.